The number of hydrogen-bond donors (Lipinski definition) is 2. The molecule has 1 aromatic heterocycles. The van der Waals surface area contributed by atoms with Crippen molar-refractivity contribution >= 4 is 41.0 Å². The number of hydrogen-bond acceptors (Lipinski definition) is 8. The van der Waals surface area contributed by atoms with Crippen LogP contribution in [0.15, 0.2) is 41.8 Å². The highest BCUT2D eigenvalue weighted by Gasteiger charge is 2.62. The maximum atomic E-state index is 14.4. The van der Waals surface area contributed by atoms with Crippen LogP contribution in [0.3, 0.4) is 0 Å². The largest absolute Gasteiger partial charge is 0.479 e. The number of ether oxygens (including phenoxy) is 1. The van der Waals surface area contributed by atoms with E-state index in [-0.39, 0.29) is 49.6 Å². The molecule has 2 N–H and O–H groups in total. The molecule has 0 spiro atoms. The summed E-state index contributed by atoms with van der Waals surface area (Å²) >= 11 is 1.54. The van der Waals surface area contributed by atoms with Crippen molar-refractivity contribution in [2.75, 3.05) is 19.6 Å². The van der Waals surface area contributed by atoms with Crippen LogP contribution in [-0.2, 0) is 23.9 Å². The molecule has 2 aromatic rings. The normalized spacial score (nSPS) is 29.5. The summed E-state index contributed by atoms with van der Waals surface area (Å²) in [6, 6.07) is 6.37. The van der Waals surface area contributed by atoms with E-state index in [0.29, 0.717) is 18.5 Å². The fraction of sp³-hybridized carbons (Fsp3) is 0.568. The second kappa shape index (κ2) is 13.7. The van der Waals surface area contributed by atoms with Gasteiger partial charge in [-0.3, -0.25) is 19.2 Å². The van der Waals surface area contributed by atoms with Crippen molar-refractivity contribution in [3.63, 3.8) is 0 Å². The smallest absolute Gasteiger partial charge is 0.330 e. The van der Waals surface area contributed by atoms with Crippen LogP contribution in [-0.4, -0.2) is 86.4 Å². The Bertz CT molecular complexity index is 1660. The van der Waals surface area contributed by atoms with Crippen LogP contribution in [0.2, 0.25) is 0 Å². The Kier molecular flexibility index (Phi) is 9.72. The number of allylic oxidation sites excluding steroid dienone is 1. The molecule has 1 saturated carbocycles. The molecule has 3 fully saturated rings. The van der Waals surface area contributed by atoms with Crippen molar-refractivity contribution in [1.29, 1.82) is 0 Å². The molecular weight excluding hydrogens is 644 g/mol. The molecule has 3 aliphatic heterocycles. The highest BCUT2D eigenvalue weighted by Crippen LogP contribution is 2.46. The topological polar surface area (TPSA) is 146 Å². The minimum Gasteiger partial charge on any atom is -0.479 e. The maximum absolute atomic E-state index is 14.4. The number of rotatable bonds is 5. The van der Waals surface area contributed by atoms with Crippen LogP contribution in [0, 0.1) is 30.6 Å². The number of esters is 1. The standard InChI is InChI=1S/C37H46N4O7S/c1-22-38-29(21-49-22)23-12-10-13-24(15-23)33(44)40-18-26-19-41-31(28(26)20-40)32(43)39-37(35(46)47)17-27(37)14-9-7-5-6-8-11-25(34(41)45)16-30(42)48-36(2,3)4/h9-10,12-15,21,25-28,31H,5-8,11,16-20H2,1-4H3,(H,39,43)(H,46,47)/b14-9-/t25-,26-,27+,28-,31-,37+/m0/s1. The van der Waals surface area contributed by atoms with E-state index in [9.17, 15) is 29.1 Å². The molecule has 0 radical (unpaired) electrons. The van der Waals surface area contributed by atoms with E-state index in [4.69, 9.17) is 4.74 Å². The molecule has 1 aliphatic carbocycles. The van der Waals surface area contributed by atoms with Gasteiger partial charge in [-0.05, 0) is 65.5 Å². The van der Waals surface area contributed by atoms with Gasteiger partial charge in [0.1, 0.15) is 17.2 Å². The highest BCUT2D eigenvalue weighted by atomic mass is 32.1. The lowest BCUT2D eigenvalue weighted by atomic mass is 9.92. The van der Waals surface area contributed by atoms with Crippen LogP contribution in [0.5, 0.6) is 0 Å². The zero-order valence-corrected chi connectivity index (χ0v) is 29.5. The zero-order valence-electron chi connectivity index (χ0n) is 28.6. The molecule has 6 atom stereocenters. The number of aryl methyl sites for hydroxylation is 1. The van der Waals surface area contributed by atoms with Crippen LogP contribution < -0.4 is 5.32 Å². The Morgan fingerprint density at radius 2 is 1.92 bits per heavy atom. The van der Waals surface area contributed by atoms with Crippen molar-refractivity contribution in [1.82, 2.24) is 20.1 Å². The Balaban J connectivity index is 1.27. The van der Waals surface area contributed by atoms with Gasteiger partial charge >= 0.3 is 11.9 Å². The summed E-state index contributed by atoms with van der Waals surface area (Å²) in [5, 5.41) is 16.0. The van der Waals surface area contributed by atoms with Crippen molar-refractivity contribution < 1.29 is 33.8 Å². The Morgan fingerprint density at radius 1 is 1.12 bits per heavy atom. The number of amides is 3. The number of thiazole rings is 1. The number of carboxylic acids is 1. The number of nitrogens with zero attached hydrogens (tertiary/aromatic N) is 3. The van der Waals surface area contributed by atoms with Crippen molar-refractivity contribution in [2.45, 2.75) is 89.8 Å². The van der Waals surface area contributed by atoms with Crippen LogP contribution in [0.25, 0.3) is 11.3 Å². The van der Waals surface area contributed by atoms with Crippen LogP contribution >= 0.6 is 11.3 Å². The molecule has 3 amide bonds. The number of carbonyl (C=O) groups is 5. The van der Waals surface area contributed by atoms with Gasteiger partial charge in [-0.1, -0.05) is 37.1 Å². The van der Waals surface area contributed by atoms with E-state index < -0.39 is 46.9 Å². The van der Waals surface area contributed by atoms with E-state index >= 15 is 0 Å². The van der Waals surface area contributed by atoms with Crippen LogP contribution in [0.4, 0.5) is 0 Å². The average Bonchev–Trinajstić information content (AvgIpc) is 3.31. The van der Waals surface area contributed by atoms with Gasteiger partial charge in [0.15, 0.2) is 0 Å². The van der Waals surface area contributed by atoms with Gasteiger partial charge in [0.2, 0.25) is 11.8 Å². The molecule has 49 heavy (non-hydrogen) atoms. The fourth-order valence-electron chi connectivity index (χ4n) is 7.74. The molecule has 12 heteroatoms. The highest BCUT2D eigenvalue weighted by molar-refractivity contribution is 7.09. The van der Waals surface area contributed by atoms with E-state index in [1.54, 1.807) is 36.6 Å². The van der Waals surface area contributed by atoms with Crippen molar-refractivity contribution in [2.24, 2.45) is 23.7 Å². The number of carbonyl (C=O) groups excluding carboxylic acids is 4. The maximum Gasteiger partial charge on any atom is 0.330 e. The monoisotopic (exact) mass is 690 g/mol. The predicted octanol–water partition coefficient (Wildman–Crippen LogP) is 4.85. The summed E-state index contributed by atoms with van der Waals surface area (Å²) in [6.45, 7) is 8.11. The predicted molar refractivity (Wildman–Crippen MR) is 183 cm³/mol. The number of carboxylic acid groups (broad SMARTS) is 1. The molecule has 262 valence electrons. The van der Waals surface area contributed by atoms with E-state index in [2.05, 4.69) is 10.3 Å². The molecule has 4 aliphatic rings. The Morgan fingerprint density at radius 3 is 2.63 bits per heavy atom. The second-order valence-corrected chi connectivity index (χ2v) is 16.1. The number of fused-ring (bicyclic) bond motifs is 4. The Hall–Kier alpha value is -4.06. The van der Waals surface area contributed by atoms with Gasteiger partial charge in [0, 0.05) is 59.8 Å². The van der Waals surface area contributed by atoms with Gasteiger partial charge in [-0.2, -0.15) is 0 Å². The summed E-state index contributed by atoms with van der Waals surface area (Å²) in [5.74, 6) is -4.17. The second-order valence-electron chi connectivity index (χ2n) is 15.0. The summed E-state index contributed by atoms with van der Waals surface area (Å²) in [5.41, 5.74) is 0.0188. The molecule has 0 unspecified atom stereocenters. The first-order chi connectivity index (χ1) is 23.3. The van der Waals surface area contributed by atoms with Gasteiger partial charge in [0.05, 0.1) is 17.1 Å². The average molecular weight is 691 g/mol. The van der Waals surface area contributed by atoms with E-state index in [1.165, 1.54) is 11.3 Å². The molecule has 1 aromatic carbocycles. The lowest BCUT2D eigenvalue weighted by molar-refractivity contribution is -0.159. The number of aromatic nitrogens is 1. The van der Waals surface area contributed by atoms with Gasteiger partial charge < -0.3 is 25.0 Å². The first kappa shape index (κ1) is 34.8. The molecule has 2 saturated heterocycles. The van der Waals surface area contributed by atoms with Gasteiger partial charge in [-0.25, -0.2) is 9.78 Å². The first-order valence-corrected chi connectivity index (χ1v) is 18.2. The molecule has 4 heterocycles. The molecule has 0 bridgehead atoms. The third-order valence-electron chi connectivity index (χ3n) is 10.2. The first-order valence-electron chi connectivity index (χ1n) is 17.3. The molecule has 6 rings (SSSR count). The molecule has 11 nitrogen and oxygen atoms in total. The van der Waals surface area contributed by atoms with E-state index in [1.807, 2.05) is 42.7 Å². The van der Waals surface area contributed by atoms with Gasteiger partial charge in [-0.15, -0.1) is 11.3 Å². The van der Waals surface area contributed by atoms with Crippen molar-refractivity contribution in [3.05, 3.63) is 52.4 Å². The quantitative estimate of drug-likeness (QED) is 0.335. The van der Waals surface area contributed by atoms with E-state index in [0.717, 1.165) is 41.9 Å². The number of nitrogens with one attached hydrogen (secondary N) is 1. The zero-order chi connectivity index (χ0) is 35.1. The van der Waals surface area contributed by atoms with Crippen LogP contribution in [0.1, 0.15) is 81.1 Å². The SMILES string of the molecule is Cc1nc(-c2cccc(C(=O)N3C[C@H]4CN5C(=O)[C@H](CC(=O)OC(C)(C)C)CCCCC/C=C\[C@@H]6C[C@@]6(C(=O)O)NC(=O)[C@@H]5[C@H]4C3)c2)cs1. The summed E-state index contributed by atoms with van der Waals surface area (Å²) in [6.07, 6.45) is 7.73. The lowest BCUT2D eigenvalue weighted by Gasteiger charge is -2.32. The summed E-state index contributed by atoms with van der Waals surface area (Å²) < 4.78 is 5.59. The van der Waals surface area contributed by atoms with Crippen molar-refractivity contribution in [3.8, 4) is 11.3 Å². The lowest BCUT2D eigenvalue weighted by Crippen LogP contribution is -2.56. The van der Waals surface area contributed by atoms with Gasteiger partial charge in [0.25, 0.3) is 5.91 Å². The number of aliphatic carboxylic acids is 1. The molecular formula is C37H46N4O7S. The summed E-state index contributed by atoms with van der Waals surface area (Å²) in [7, 11) is 0. The number of benzene rings is 1. The third-order valence-corrected chi connectivity index (χ3v) is 11.0. The third kappa shape index (κ3) is 7.44. The Labute approximate surface area is 291 Å². The fourth-order valence-corrected chi connectivity index (χ4v) is 8.36. The number of likely N-dealkylation sites (tertiary alicyclic amines) is 1. The minimum absolute atomic E-state index is 0.100. The minimum atomic E-state index is -1.43. The summed E-state index contributed by atoms with van der Waals surface area (Å²) in [4.78, 5) is 75.8.